The number of rotatable bonds is 8. The molecule has 0 bridgehead atoms. The highest BCUT2D eigenvalue weighted by Gasteiger charge is 2.31. The fraction of sp³-hybridized carbons (Fsp3) is 0.217. The summed E-state index contributed by atoms with van der Waals surface area (Å²) in [6.07, 6.45) is 2.88. The molecule has 3 aromatic rings. The molecule has 0 saturated heterocycles. The Morgan fingerprint density at radius 3 is 2.69 bits per heavy atom. The highest BCUT2D eigenvalue weighted by Crippen LogP contribution is 2.22. The number of ether oxygens (including phenoxy) is 2. The molecule has 1 aromatic carbocycles. The maximum absolute atomic E-state index is 13.2. The lowest BCUT2D eigenvalue weighted by Crippen LogP contribution is -2.50. The van der Waals surface area contributed by atoms with E-state index in [0.29, 0.717) is 17.1 Å². The van der Waals surface area contributed by atoms with Gasteiger partial charge in [-0.25, -0.2) is 14.4 Å². The molecule has 12 heteroatoms. The van der Waals surface area contributed by atoms with Crippen LogP contribution in [-0.2, 0) is 19.1 Å². The average Bonchev–Trinajstić information content (AvgIpc) is 3.53. The zero-order chi connectivity index (χ0) is 24.8. The number of urea groups is 1. The van der Waals surface area contributed by atoms with E-state index in [4.69, 9.17) is 13.9 Å². The Morgan fingerprint density at radius 1 is 1.17 bits per heavy atom. The highest BCUT2D eigenvalue weighted by molar-refractivity contribution is 6.15. The number of aromatic nitrogens is 4. The van der Waals surface area contributed by atoms with Gasteiger partial charge in [0.2, 0.25) is 0 Å². The number of benzene rings is 1. The summed E-state index contributed by atoms with van der Waals surface area (Å²) in [6.45, 7) is 3.04. The predicted molar refractivity (Wildman–Crippen MR) is 122 cm³/mol. The summed E-state index contributed by atoms with van der Waals surface area (Å²) in [5.74, 6) is -0.781. The molecule has 35 heavy (non-hydrogen) atoms. The van der Waals surface area contributed by atoms with Crippen molar-refractivity contribution in [2.24, 2.45) is 0 Å². The molecular formula is C23H22N6O6. The Bertz CT molecular complexity index is 1280. The van der Waals surface area contributed by atoms with Crippen LogP contribution in [0, 0.1) is 0 Å². The number of amides is 2. The lowest BCUT2D eigenvalue weighted by atomic mass is 10.0. The summed E-state index contributed by atoms with van der Waals surface area (Å²) < 4.78 is 17.2. The van der Waals surface area contributed by atoms with Crippen LogP contribution in [0.15, 0.2) is 64.4 Å². The average molecular weight is 478 g/mol. The van der Waals surface area contributed by atoms with Crippen molar-refractivity contribution in [3.05, 3.63) is 65.8 Å². The summed E-state index contributed by atoms with van der Waals surface area (Å²) >= 11 is 0. The Morgan fingerprint density at radius 2 is 1.97 bits per heavy atom. The molecule has 0 aliphatic carbocycles. The SMILES string of the molecule is CCOC(=O)C1=C(COC(=O)/C(=C/c2ccco2)n2nnnc2-c2ccccc2)NC(=O)NC1C. The van der Waals surface area contributed by atoms with Crippen molar-refractivity contribution in [2.75, 3.05) is 13.2 Å². The lowest BCUT2D eigenvalue weighted by Gasteiger charge is -2.26. The maximum atomic E-state index is 13.2. The van der Waals surface area contributed by atoms with E-state index in [1.807, 2.05) is 18.2 Å². The van der Waals surface area contributed by atoms with Crippen molar-refractivity contribution >= 4 is 29.7 Å². The van der Waals surface area contributed by atoms with Crippen LogP contribution < -0.4 is 10.6 Å². The van der Waals surface area contributed by atoms with E-state index >= 15 is 0 Å². The molecule has 0 saturated carbocycles. The van der Waals surface area contributed by atoms with Crippen LogP contribution in [0.5, 0.6) is 0 Å². The number of nitrogens with zero attached hydrogens (tertiary/aromatic N) is 4. The third-order valence-corrected chi connectivity index (χ3v) is 4.97. The van der Waals surface area contributed by atoms with Crippen molar-refractivity contribution in [1.82, 2.24) is 30.8 Å². The van der Waals surface area contributed by atoms with Gasteiger partial charge in [-0.2, -0.15) is 4.68 Å². The van der Waals surface area contributed by atoms with Gasteiger partial charge < -0.3 is 24.5 Å². The molecular weight excluding hydrogens is 456 g/mol. The largest absolute Gasteiger partial charge is 0.465 e. The van der Waals surface area contributed by atoms with Crippen molar-refractivity contribution in [2.45, 2.75) is 19.9 Å². The lowest BCUT2D eigenvalue weighted by molar-refractivity contribution is -0.140. The Labute approximate surface area is 199 Å². The maximum Gasteiger partial charge on any atom is 0.357 e. The van der Waals surface area contributed by atoms with Crippen LogP contribution in [0.3, 0.4) is 0 Å². The van der Waals surface area contributed by atoms with Gasteiger partial charge in [0.05, 0.1) is 30.2 Å². The van der Waals surface area contributed by atoms with Crippen molar-refractivity contribution in [3.8, 4) is 11.4 Å². The molecule has 2 amide bonds. The number of tetrazole rings is 1. The normalized spacial score (nSPS) is 15.9. The number of hydrogen-bond acceptors (Lipinski definition) is 9. The van der Waals surface area contributed by atoms with Gasteiger partial charge in [-0.1, -0.05) is 30.3 Å². The van der Waals surface area contributed by atoms with Gasteiger partial charge in [-0.3, -0.25) is 0 Å². The minimum absolute atomic E-state index is 0.0459. The summed E-state index contributed by atoms with van der Waals surface area (Å²) in [5, 5.41) is 16.8. The molecule has 180 valence electrons. The van der Waals surface area contributed by atoms with Gasteiger partial charge in [0.15, 0.2) is 11.5 Å². The number of furan rings is 1. The molecule has 3 heterocycles. The first-order chi connectivity index (χ1) is 17.0. The van der Waals surface area contributed by atoms with Crippen LogP contribution >= 0.6 is 0 Å². The van der Waals surface area contributed by atoms with Crippen molar-refractivity contribution in [1.29, 1.82) is 0 Å². The summed E-state index contributed by atoms with van der Waals surface area (Å²) in [4.78, 5) is 37.7. The number of hydrogen-bond donors (Lipinski definition) is 2. The quantitative estimate of drug-likeness (QED) is 0.366. The molecule has 0 fully saturated rings. The molecule has 2 aromatic heterocycles. The smallest absolute Gasteiger partial charge is 0.357 e. The molecule has 2 N–H and O–H groups in total. The fourth-order valence-electron chi connectivity index (χ4n) is 3.44. The zero-order valence-corrected chi connectivity index (χ0v) is 18.9. The molecule has 1 aliphatic heterocycles. The second-order valence-corrected chi connectivity index (χ2v) is 7.33. The molecule has 0 spiro atoms. The monoisotopic (exact) mass is 478 g/mol. The van der Waals surface area contributed by atoms with Gasteiger partial charge in [0.1, 0.15) is 12.4 Å². The van der Waals surface area contributed by atoms with Crippen LogP contribution in [-0.4, -0.2) is 57.4 Å². The summed E-state index contributed by atoms with van der Waals surface area (Å²) in [7, 11) is 0. The van der Waals surface area contributed by atoms with Gasteiger partial charge in [0.25, 0.3) is 0 Å². The van der Waals surface area contributed by atoms with Crippen molar-refractivity contribution in [3.63, 3.8) is 0 Å². The highest BCUT2D eigenvalue weighted by atomic mass is 16.5. The van der Waals surface area contributed by atoms with Crippen molar-refractivity contribution < 1.29 is 28.3 Å². The van der Waals surface area contributed by atoms with Gasteiger partial charge in [-0.05, 0) is 36.4 Å². The number of nitrogens with one attached hydrogen (secondary N) is 2. The number of carbonyl (C=O) groups is 3. The molecule has 1 atom stereocenters. The van der Waals surface area contributed by atoms with E-state index in [-0.39, 0.29) is 23.6 Å². The predicted octanol–water partition coefficient (Wildman–Crippen LogP) is 1.99. The third-order valence-electron chi connectivity index (χ3n) is 4.97. The molecule has 1 aliphatic rings. The third kappa shape index (κ3) is 5.27. The molecule has 12 nitrogen and oxygen atoms in total. The standard InChI is InChI=1S/C23H22N6O6/c1-3-33-22(31)19-14(2)24-23(32)25-17(19)13-35-21(30)18(12-16-10-7-11-34-16)29-20(26-27-28-29)15-8-5-4-6-9-15/h4-12,14H,3,13H2,1-2H3,(H2,24,25,32)/b18-12-. The van der Waals surface area contributed by atoms with E-state index in [9.17, 15) is 14.4 Å². The van der Waals surface area contributed by atoms with Gasteiger partial charge in [-0.15, -0.1) is 5.10 Å². The Hall–Kier alpha value is -4.74. The summed E-state index contributed by atoms with van der Waals surface area (Å²) in [5.41, 5.74) is 0.895. The second kappa shape index (κ2) is 10.5. The molecule has 4 rings (SSSR count). The van der Waals surface area contributed by atoms with Crippen LogP contribution in [0.25, 0.3) is 23.2 Å². The topological polar surface area (TPSA) is 150 Å². The van der Waals surface area contributed by atoms with Crippen LogP contribution in [0.4, 0.5) is 4.79 Å². The molecule has 0 radical (unpaired) electrons. The number of carbonyl (C=O) groups excluding carboxylic acids is 3. The summed E-state index contributed by atoms with van der Waals surface area (Å²) in [6, 6.07) is 11.2. The van der Waals surface area contributed by atoms with E-state index in [1.54, 1.807) is 38.1 Å². The minimum Gasteiger partial charge on any atom is -0.465 e. The first-order valence-corrected chi connectivity index (χ1v) is 10.7. The van der Waals surface area contributed by atoms with E-state index in [0.717, 1.165) is 0 Å². The van der Waals surface area contributed by atoms with Crippen LogP contribution in [0.2, 0.25) is 0 Å². The zero-order valence-electron chi connectivity index (χ0n) is 18.9. The van der Waals surface area contributed by atoms with Crippen LogP contribution in [0.1, 0.15) is 19.6 Å². The number of esters is 2. The van der Waals surface area contributed by atoms with Gasteiger partial charge in [0, 0.05) is 11.6 Å². The van der Waals surface area contributed by atoms with E-state index in [1.165, 1.54) is 17.0 Å². The van der Waals surface area contributed by atoms with E-state index < -0.39 is 30.6 Å². The van der Waals surface area contributed by atoms with E-state index in [2.05, 4.69) is 26.2 Å². The fourth-order valence-corrected chi connectivity index (χ4v) is 3.44. The Balaban J connectivity index is 1.66. The van der Waals surface area contributed by atoms with Gasteiger partial charge >= 0.3 is 18.0 Å². The minimum atomic E-state index is -0.818. The first kappa shape index (κ1) is 23.4. The Kier molecular flexibility index (Phi) is 7.00. The second-order valence-electron chi connectivity index (χ2n) is 7.33. The molecule has 1 unspecified atom stereocenters. The first-order valence-electron chi connectivity index (χ1n) is 10.7.